The molecule has 0 amide bonds. The highest BCUT2D eigenvalue weighted by atomic mass is 16.5. The van der Waals surface area contributed by atoms with Crippen molar-refractivity contribution >= 4 is 5.69 Å². The van der Waals surface area contributed by atoms with Crippen LogP contribution in [0, 0.1) is 0 Å². The van der Waals surface area contributed by atoms with Crippen LogP contribution in [0.15, 0.2) is 54.6 Å². The standard InChI is InChI=1S/C19H25NO/c1-3-4-8-17-11-13-19(14-12-17)21-16(2)15-20-18-9-6-5-7-10-18/h5-7,9-14,16,20H,3-4,8,15H2,1-2H3. The van der Waals surface area contributed by atoms with Crippen molar-refractivity contribution in [1.82, 2.24) is 0 Å². The van der Waals surface area contributed by atoms with Crippen LogP contribution in [-0.4, -0.2) is 12.6 Å². The molecule has 0 saturated heterocycles. The van der Waals surface area contributed by atoms with Crippen LogP contribution in [0.1, 0.15) is 32.3 Å². The fraction of sp³-hybridized carbons (Fsp3) is 0.368. The van der Waals surface area contributed by atoms with E-state index in [9.17, 15) is 0 Å². The molecule has 112 valence electrons. The van der Waals surface area contributed by atoms with Crippen LogP contribution < -0.4 is 10.1 Å². The Kier molecular flexibility index (Phi) is 6.14. The Hall–Kier alpha value is -1.96. The molecule has 0 aliphatic rings. The number of rotatable bonds is 8. The number of aryl methyl sites for hydroxylation is 1. The molecule has 0 aliphatic carbocycles. The molecule has 2 nitrogen and oxygen atoms in total. The highest BCUT2D eigenvalue weighted by Crippen LogP contribution is 2.15. The third kappa shape index (κ3) is 5.50. The van der Waals surface area contributed by atoms with Crippen LogP contribution in [0.4, 0.5) is 5.69 Å². The topological polar surface area (TPSA) is 21.3 Å². The molecule has 0 radical (unpaired) electrons. The molecular weight excluding hydrogens is 258 g/mol. The Morgan fingerprint density at radius 2 is 1.71 bits per heavy atom. The summed E-state index contributed by atoms with van der Waals surface area (Å²) in [6, 6.07) is 18.7. The summed E-state index contributed by atoms with van der Waals surface area (Å²) in [5, 5.41) is 3.38. The van der Waals surface area contributed by atoms with Crippen molar-refractivity contribution in [2.45, 2.75) is 39.2 Å². The first-order valence-corrected chi connectivity index (χ1v) is 7.82. The van der Waals surface area contributed by atoms with Crippen molar-refractivity contribution in [3.8, 4) is 5.75 Å². The highest BCUT2D eigenvalue weighted by Gasteiger charge is 2.04. The Morgan fingerprint density at radius 3 is 2.38 bits per heavy atom. The second-order valence-electron chi connectivity index (χ2n) is 5.42. The van der Waals surface area contributed by atoms with Gasteiger partial charge < -0.3 is 10.1 Å². The molecule has 0 aliphatic heterocycles. The predicted octanol–water partition coefficient (Wildman–Crippen LogP) is 4.91. The van der Waals surface area contributed by atoms with Gasteiger partial charge in [-0.1, -0.05) is 43.7 Å². The molecular formula is C19H25NO. The molecule has 0 saturated carbocycles. The van der Waals surface area contributed by atoms with Gasteiger partial charge in [-0.2, -0.15) is 0 Å². The number of hydrogen-bond donors (Lipinski definition) is 1. The van der Waals surface area contributed by atoms with Crippen LogP contribution in [0.5, 0.6) is 5.75 Å². The zero-order valence-corrected chi connectivity index (χ0v) is 13.0. The maximum atomic E-state index is 5.93. The Balaban J connectivity index is 1.78. The molecule has 2 aromatic rings. The second-order valence-corrected chi connectivity index (χ2v) is 5.42. The van der Waals surface area contributed by atoms with Crippen molar-refractivity contribution in [3.05, 3.63) is 60.2 Å². The minimum Gasteiger partial charge on any atom is -0.489 e. The van der Waals surface area contributed by atoms with Gasteiger partial charge in [-0.3, -0.25) is 0 Å². The largest absolute Gasteiger partial charge is 0.489 e. The molecule has 0 aromatic heterocycles. The number of unbranched alkanes of at least 4 members (excludes halogenated alkanes) is 1. The van der Waals surface area contributed by atoms with Gasteiger partial charge in [0.1, 0.15) is 11.9 Å². The van der Waals surface area contributed by atoms with Crippen LogP contribution >= 0.6 is 0 Å². The van der Waals surface area contributed by atoms with Gasteiger partial charge in [0.25, 0.3) is 0 Å². The van der Waals surface area contributed by atoms with E-state index in [1.165, 1.54) is 18.4 Å². The Bertz CT molecular complexity index is 507. The van der Waals surface area contributed by atoms with E-state index in [0.717, 1.165) is 24.4 Å². The first-order chi connectivity index (χ1) is 10.3. The molecule has 0 spiro atoms. The van der Waals surface area contributed by atoms with E-state index >= 15 is 0 Å². The number of anilines is 1. The maximum absolute atomic E-state index is 5.93. The summed E-state index contributed by atoms with van der Waals surface area (Å²) in [6.45, 7) is 5.10. The van der Waals surface area contributed by atoms with Crippen molar-refractivity contribution in [1.29, 1.82) is 0 Å². The highest BCUT2D eigenvalue weighted by molar-refractivity contribution is 5.42. The lowest BCUT2D eigenvalue weighted by molar-refractivity contribution is 0.234. The molecule has 21 heavy (non-hydrogen) atoms. The molecule has 1 atom stereocenters. The van der Waals surface area contributed by atoms with E-state index < -0.39 is 0 Å². The lowest BCUT2D eigenvalue weighted by Gasteiger charge is -2.16. The normalized spacial score (nSPS) is 11.9. The quantitative estimate of drug-likeness (QED) is 0.743. The fourth-order valence-electron chi connectivity index (χ4n) is 2.21. The smallest absolute Gasteiger partial charge is 0.119 e. The van der Waals surface area contributed by atoms with Crippen LogP contribution in [0.25, 0.3) is 0 Å². The van der Waals surface area contributed by atoms with Gasteiger partial charge in [0.2, 0.25) is 0 Å². The minimum atomic E-state index is 0.131. The van der Waals surface area contributed by atoms with Crippen molar-refractivity contribution in [3.63, 3.8) is 0 Å². The summed E-state index contributed by atoms with van der Waals surface area (Å²) in [6.07, 6.45) is 3.77. The minimum absolute atomic E-state index is 0.131. The number of benzene rings is 2. The molecule has 2 aromatic carbocycles. The summed E-state index contributed by atoms with van der Waals surface area (Å²) < 4.78 is 5.93. The summed E-state index contributed by atoms with van der Waals surface area (Å²) in [4.78, 5) is 0. The number of hydrogen-bond acceptors (Lipinski definition) is 2. The first-order valence-electron chi connectivity index (χ1n) is 7.82. The van der Waals surface area contributed by atoms with E-state index in [0.29, 0.717) is 0 Å². The predicted molar refractivity (Wildman–Crippen MR) is 90.1 cm³/mol. The van der Waals surface area contributed by atoms with Crippen molar-refractivity contribution in [2.24, 2.45) is 0 Å². The lowest BCUT2D eigenvalue weighted by Crippen LogP contribution is -2.22. The molecule has 1 unspecified atom stereocenters. The Labute approximate surface area is 128 Å². The van der Waals surface area contributed by atoms with E-state index in [4.69, 9.17) is 4.74 Å². The second kappa shape index (κ2) is 8.35. The van der Waals surface area contributed by atoms with Gasteiger partial charge in [0.05, 0.1) is 6.54 Å². The fourth-order valence-corrected chi connectivity index (χ4v) is 2.21. The number of para-hydroxylation sites is 1. The van der Waals surface area contributed by atoms with E-state index in [1.807, 2.05) is 18.2 Å². The monoisotopic (exact) mass is 283 g/mol. The average molecular weight is 283 g/mol. The molecule has 2 heteroatoms. The zero-order valence-electron chi connectivity index (χ0n) is 13.0. The van der Waals surface area contributed by atoms with Gasteiger partial charge in [-0.15, -0.1) is 0 Å². The third-order valence-electron chi connectivity index (χ3n) is 3.45. The molecule has 1 N–H and O–H groups in total. The van der Waals surface area contributed by atoms with Gasteiger partial charge in [-0.05, 0) is 49.6 Å². The van der Waals surface area contributed by atoms with Crippen molar-refractivity contribution < 1.29 is 4.74 Å². The molecule has 0 fully saturated rings. The van der Waals surface area contributed by atoms with Crippen LogP contribution in [-0.2, 0) is 6.42 Å². The van der Waals surface area contributed by atoms with E-state index in [-0.39, 0.29) is 6.10 Å². The van der Waals surface area contributed by atoms with Crippen LogP contribution in [0.3, 0.4) is 0 Å². The van der Waals surface area contributed by atoms with E-state index in [1.54, 1.807) is 0 Å². The first kappa shape index (κ1) is 15.4. The SMILES string of the molecule is CCCCc1ccc(OC(C)CNc2ccccc2)cc1. The molecule has 2 rings (SSSR count). The van der Waals surface area contributed by atoms with E-state index in [2.05, 4.69) is 55.6 Å². The Morgan fingerprint density at radius 1 is 1.00 bits per heavy atom. The van der Waals surface area contributed by atoms with Crippen LogP contribution in [0.2, 0.25) is 0 Å². The average Bonchev–Trinajstić information content (AvgIpc) is 2.53. The molecule has 0 heterocycles. The summed E-state index contributed by atoms with van der Waals surface area (Å²) >= 11 is 0. The summed E-state index contributed by atoms with van der Waals surface area (Å²) in [5.74, 6) is 0.942. The third-order valence-corrected chi connectivity index (χ3v) is 3.45. The maximum Gasteiger partial charge on any atom is 0.119 e. The number of ether oxygens (including phenoxy) is 1. The zero-order chi connectivity index (χ0) is 14.9. The van der Waals surface area contributed by atoms with Gasteiger partial charge >= 0.3 is 0 Å². The number of nitrogens with one attached hydrogen (secondary N) is 1. The van der Waals surface area contributed by atoms with Gasteiger partial charge in [-0.25, -0.2) is 0 Å². The van der Waals surface area contributed by atoms with Gasteiger partial charge in [0.15, 0.2) is 0 Å². The molecule has 0 bridgehead atoms. The van der Waals surface area contributed by atoms with Crippen molar-refractivity contribution in [2.75, 3.05) is 11.9 Å². The summed E-state index contributed by atoms with van der Waals surface area (Å²) in [7, 11) is 0. The summed E-state index contributed by atoms with van der Waals surface area (Å²) in [5.41, 5.74) is 2.52. The van der Waals surface area contributed by atoms with Gasteiger partial charge in [0, 0.05) is 5.69 Å². The lowest BCUT2D eigenvalue weighted by atomic mass is 10.1.